The molecule has 1 aromatic rings. The Kier molecular flexibility index (Phi) is 215. The van der Waals surface area contributed by atoms with Gasteiger partial charge >= 0.3 is 0 Å². The van der Waals surface area contributed by atoms with Crippen molar-refractivity contribution in [1.82, 2.24) is 9.55 Å². The zero-order valence-corrected chi connectivity index (χ0v) is 13.4. The van der Waals surface area contributed by atoms with Crippen molar-refractivity contribution in [3.05, 3.63) is 18.7 Å². The Balaban J connectivity index is -0.0000000298. The second-order valence-corrected chi connectivity index (χ2v) is 2.15. The van der Waals surface area contributed by atoms with Crippen molar-refractivity contribution in [2.45, 2.75) is 26.3 Å². The van der Waals surface area contributed by atoms with E-state index in [1.54, 1.807) is 0 Å². The normalized spacial score (nSPS) is 4.59. The number of nitriles is 6. The molecule has 0 saturated carbocycles. The predicted octanol–water partition coefficient (Wildman–Crippen LogP) is 2.52. The number of hydrogen-bond donors (Lipinski definition) is 0. The van der Waals surface area contributed by atoms with Crippen molar-refractivity contribution < 1.29 is 17.1 Å². The third-order valence-electron chi connectivity index (χ3n) is 1.33. The third-order valence-corrected chi connectivity index (χ3v) is 1.33. The number of aromatic nitrogens is 2. The first kappa shape index (κ1) is 42.8. The first-order valence-electron chi connectivity index (χ1n) is 4.94. The Labute approximate surface area is 143 Å². The van der Waals surface area contributed by atoms with Gasteiger partial charge in [-0.15, -0.1) is 0 Å². The van der Waals surface area contributed by atoms with Gasteiger partial charge in [0.25, 0.3) is 0 Å². The summed E-state index contributed by atoms with van der Waals surface area (Å²) in [6, 6.07) is 0. The second-order valence-electron chi connectivity index (χ2n) is 2.15. The van der Waals surface area contributed by atoms with E-state index in [4.69, 9.17) is 31.6 Å². The van der Waals surface area contributed by atoms with Gasteiger partial charge in [-0.2, -0.15) is 0 Å². The van der Waals surface area contributed by atoms with Gasteiger partial charge in [0.2, 0.25) is 0 Å². The summed E-state index contributed by atoms with van der Waals surface area (Å²) in [5.74, 6) is 0. The molecule has 0 aliphatic carbocycles. The van der Waals surface area contributed by atoms with Crippen LogP contribution >= 0.6 is 0 Å². The summed E-state index contributed by atoms with van der Waals surface area (Å²) in [4.78, 5) is 3.94. The van der Waals surface area contributed by atoms with E-state index in [1.807, 2.05) is 18.7 Å². The molecule has 0 radical (unpaired) electrons. The van der Waals surface area contributed by atoms with Gasteiger partial charge in [-0.3, -0.25) is 0 Å². The van der Waals surface area contributed by atoms with Crippen molar-refractivity contribution in [3.8, 4) is 39.4 Å². The maximum absolute atomic E-state index is 6.50. The van der Waals surface area contributed by atoms with Crippen molar-refractivity contribution >= 4 is 0 Å². The molecule has 0 fully saturated rings. The molecular formula is C13H18FeN8. The molecule has 1 rings (SSSR count). The number of hydrogen-bond acceptors (Lipinski definition) is 7. The molecule has 0 aliphatic heterocycles. The molecule has 0 N–H and O–H groups in total. The summed E-state index contributed by atoms with van der Waals surface area (Å²) in [5, 5.41) is 39.0. The van der Waals surface area contributed by atoms with Crippen molar-refractivity contribution in [3.63, 3.8) is 0 Å². The van der Waals surface area contributed by atoms with E-state index in [0.717, 1.165) is 6.54 Å². The average Bonchev–Trinajstić information content (AvgIpc) is 3.17. The van der Waals surface area contributed by atoms with Gasteiger partial charge in [-0.1, -0.05) is 13.3 Å². The summed E-state index contributed by atoms with van der Waals surface area (Å²) < 4.78 is 2.10. The van der Waals surface area contributed by atoms with E-state index < -0.39 is 0 Å². The van der Waals surface area contributed by atoms with E-state index in [1.165, 1.54) is 12.8 Å². The molecule has 0 amide bonds. The minimum absolute atomic E-state index is 0. The number of nitrogens with zero attached hydrogens (tertiary/aromatic N) is 8. The van der Waals surface area contributed by atoms with Gasteiger partial charge in [-0.25, -0.2) is 36.6 Å². The van der Waals surface area contributed by atoms with Crippen LogP contribution in [-0.4, -0.2) is 9.55 Å². The molecule has 0 atom stereocenters. The first-order valence-corrected chi connectivity index (χ1v) is 4.94. The molecule has 0 aromatic carbocycles. The monoisotopic (exact) mass is 342 g/mol. The smallest absolute Gasteiger partial charge is 0.0945 e. The molecule has 0 bridgehead atoms. The van der Waals surface area contributed by atoms with E-state index in [2.05, 4.69) is 55.9 Å². The molecule has 9 heteroatoms. The van der Waals surface area contributed by atoms with Crippen LogP contribution in [0.5, 0.6) is 0 Å². The minimum atomic E-state index is 0. The van der Waals surface area contributed by atoms with E-state index in [9.17, 15) is 0 Å². The zero-order chi connectivity index (χ0) is 18.5. The van der Waals surface area contributed by atoms with E-state index in [-0.39, 0.29) is 17.1 Å². The van der Waals surface area contributed by atoms with Crippen LogP contribution in [0, 0.1) is 71.0 Å². The minimum Gasteiger partial charge on any atom is -0.337 e. The Morgan fingerprint density at radius 3 is 1.41 bits per heavy atom. The Morgan fingerprint density at radius 1 is 0.818 bits per heavy atom. The molecular weight excluding hydrogens is 324 g/mol. The molecule has 0 unspecified atom stereocenters. The fourth-order valence-electron chi connectivity index (χ4n) is 0.760. The average molecular weight is 342 g/mol. The molecule has 0 aliphatic rings. The van der Waals surface area contributed by atoms with Crippen molar-refractivity contribution in [2.24, 2.45) is 0 Å². The van der Waals surface area contributed by atoms with Crippen LogP contribution in [0.3, 0.4) is 0 Å². The number of unbranched alkanes of at least 4 members (excludes halogenated alkanes) is 1. The van der Waals surface area contributed by atoms with Crippen LogP contribution in [0.15, 0.2) is 18.7 Å². The number of imidazole rings is 1. The summed E-state index contributed by atoms with van der Waals surface area (Å²) in [7, 11) is 0. The maximum Gasteiger partial charge on any atom is 0.0945 e. The van der Waals surface area contributed by atoms with Crippen LogP contribution in [0.2, 0.25) is 0 Å². The van der Waals surface area contributed by atoms with Gasteiger partial charge < -0.3 is 4.57 Å². The number of aryl methyl sites for hydroxylation is 1. The summed E-state index contributed by atoms with van der Waals surface area (Å²) >= 11 is 0. The topological polar surface area (TPSA) is 161 Å². The fourth-order valence-corrected chi connectivity index (χ4v) is 0.760. The third kappa shape index (κ3) is 69.6. The molecule has 1 aromatic heterocycles. The summed E-state index contributed by atoms with van der Waals surface area (Å²) in [6.45, 7) is 24.3. The van der Waals surface area contributed by atoms with Gasteiger partial charge in [0.15, 0.2) is 0 Å². The Hall–Kier alpha value is -3.33. The molecule has 118 valence electrons. The largest absolute Gasteiger partial charge is 0.337 e. The summed E-state index contributed by atoms with van der Waals surface area (Å²) in [5.41, 5.74) is 0. The van der Waals surface area contributed by atoms with Gasteiger partial charge in [-0.05, 0) is 6.42 Å². The Morgan fingerprint density at radius 2 is 1.18 bits per heavy atom. The molecule has 1 heterocycles. The van der Waals surface area contributed by atoms with Crippen molar-refractivity contribution in [2.75, 3.05) is 0 Å². The van der Waals surface area contributed by atoms with E-state index >= 15 is 0 Å². The first-order chi connectivity index (χ1) is 10.4. The van der Waals surface area contributed by atoms with Gasteiger partial charge in [0.1, 0.15) is 0 Å². The van der Waals surface area contributed by atoms with Crippen LogP contribution < -0.4 is 0 Å². The molecule has 22 heavy (non-hydrogen) atoms. The van der Waals surface area contributed by atoms with Gasteiger partial charge in [0, 0.05) is 75.4 Å². The molecule has 0 spiro atoms. The standard InChI is InChI=1S/C7H12N2.6CHN.Fe/c1-2-3-5-9-6-4-8-7-9;6*1-2;/h4,6-7H,2-3,5H2,1H3;6*1H;. The van der Waals surface area contributed by atoms with Crippen molar-refractivity contribution in [1.29, 1.82) is 31.6 Å². The Bertz CT molecular complexity index is 312. The second kappa shape index (κ2) is 110. The molecule has 8 nitrogen and oxygen atoms in total. The SMILES string of the molecule is C#N.C#N.C#N.C#N.C#N.C#N.CCCCn1ccnc1.[Fe]. The molecule has 0 saturated heterocycles. The van der Waals surface area contributed by atoms with E-state index in [0.29, 0.717) is 0 Å². The summed E-state index contributed by atoms with van der Waals surface area (Å²) in [6.07, 6.45) is 8.16. The van der Waals surface area contributed by atoms with Crippen LogP contribution in [0.1, 0.15) is 19.8 Å². The van der Waals surface area contributed by atoms with Crippen LogP contribution in [0.25, 0.3) is 0 Å². The fraction of sp³-hybridized carbons (Fsp3) is 0.308. The quantitative estimate of drug-likeness (QED) is 0.762. The van der Waals surface area contributed by atoms with Crippen LogP contribution in [0.4, 0.5) is 0 Å². The predicted molar refractivity (Wildman–Crippen MR) is 77.2 cm³/mol. The van der Waals surface area contributed by atoms with Crippen LogP contribution in [-0.2, 0) is 23.6 Å². The van der Waals surface area contributed by atoms with Gasteiger partial charge in [0.05, 0.1) is 6.33 Å². The maximum atomic E-state index is 6.50. The zero-order valence-electron chi connectivity index (χ0n) is 12.2. The number of rotatable bonds is 3.